The molecule has 0 saturated heterocycles. The van der Waals surface area contributed by atoms with E-state index in [1.54, 1.807) is 24.0 Å². The lowest BCUT2D eigenvalue weighted by atomic mass is 10.0. The van der Waals surface area contributed by atoms with Gasteiger partial charge in [0.05, 0.1) is 6.04 Å². The Bertz CT molecular complexity index is 708. The summed E-state index contributed by atoms with van der Waals surface area (Å²) in [4.78, 5) is 17.3. The molecular formula is C16H16FN3OS. The van der Waals surface area contributed by atoms with Crippen LogP contribution in [0.1, 0.15) is 23.6 Å². The fourth-order valence-corrected chi connectivity index (χ4v) is 3.54. The number of aryl methyl sites for hydroxylation is 1. The normalized spacial score (nSPS) is 16.7. The Balaban J connectivity index is 1.73. The van der Waals surface area contributed by atoms with Gasteiger partial charge in [-0.25, -0.2) is 14.2 Å². The molecule has 0 spiro atoms. The minimum Gasteiger partial charge on any atom is -0.331 e. The maximum Gasteiger partial charge on any atom is 0.320 e. The minimum absolute atomic E-state index is 0.184. The largest absolute Gasteiger partial charge is 0.331 e. The van der Waals surface area contributed by atoms with E-state index in [1.807, 2.05) is 19.1 Å². The number of carbonyl (C=O) groups is 1. The summed E-state index contributed by atoms with van der Waals surface area (Å²) >= 11 is 1.68. The summed E-state index contributed by atoms with van der Waals surface area (Å²) in [6, 6.07) is 7.90. The number of aromatic nitrogens is 1. The molecule has 1 aromatic carbocycles. The zero-order valence-corrected chi connectivity index (χ0v) is 12.9. The topological polar surface area (TPSA) is 54.0 Å². The van der Waals surface area contributed by atoms with E-state index in [-0.39, 0.29) is 17.9 Å². The fraction of sp³-hybridized carbons (Fsp3) is 0.250. The molecule has 2 N–H and O–H groups in total. The van der Waals surface area contributed by atoms with Gasteiger partial charge in [0, 0.05) is 16.8 Å². The van der Waals surface area contributed by atoms with Gasteiger partial charge >= 0.3 is 6.03 Å². The van der Waals surface area contributed by atoms with E-state index in [0.29, 0.717) is 5.82 Å². The fourth-order valence-electron chi connectivity index (χ4n) is 2.43. The lowest BCUT2D eigenvalue weighted by molar-refractivity contribution is 0.248. The summed E-state index contributed by atoms with van der Waals surface area (Å²) in [7, 11) is 0. The average Bonchev–Trinajstić information content (AvgIpc) is 2.50. The second-order valence-corrected chi connectivity index (χ2v) is 6.28. The van der Waals surface area contributed by atoms with Crippen LogP contribution in [0, 0.1) is 12.7 Å². The van der Waals surface area contributed by atoms with E-state index in [2.05, 4.69) is 15.6 Å². The maximum atomic E-state index is 13.5. The van der Waals surface area contributed by atoms with Gasteiger partial charge in [-0.2, -0.15) is 0 Å². The molecule has 2 aromatic rings. The zero-order valence-electron chi connectivity index (χ0n) is 12.1. The van der Waals surface area contributed by atoms with Gasteiger partial charge in [0.15, 0.2) is 0 Å². The molecule has 22 heavy (non-hydrogen) atoms. The van der Waals surface area contributed by atoms with Gasteiger partial charge in [0.2, 0.25) is 0 Å². The Kier molecular flexibility index (Phi) is 4.29. The van der Waals surface area contributed by atoms with Gasteiger partial charge in [-0.15, -0.1) is 11.8 Å². The van der Waals surface area contributed by atoms with Crippen molar-refractivity contribution in [2.24, 2.45) is 0 Å². The van der Waals surface area contributed by atoms with Gasteiger partial charge in [0.25, 0.3) is 0 Å². The molecular weight excluding hydrogens is 301 g/mol. The van der Waals surface area contributed by atoms with Crippen molar-refractivity contribution in [2.45, 2.75) is 24.3 Å². The highest BCUT2D eigenvalue weighted by molar-refractivity contribution is 7.99. The molecule has 0 aliphatic carbocycles. The maximum absolute atomic E-state index is 13.5. The molecule has 0 unspecified atom stereocenters. The van der Waals surface area contributed by atoms with Crippen molar-refractivity contribution < 1.29 is 9.18 Å². The summed E-state index contributed by atoms with van der Waals surface area (Å²) in [5.74, 6) is 1.14. The summed E-state index contributed by atoms with van der Waals surface area (Å²) in [5, 5.41) is 5.65. The first-order chi connectivity index (χ1) is 10.6. The number of thioether (sulfide) groups is 1. The zero-order chi connectivity index (χ0) is 15.5. The summed E-state index contributed by atoms with van der Waals surface area (Å²) < 4.78 is 13.5. The molecule has 2 amide bonds. The Morgan fingerprint density at radius 2 is 2.27 bits per heavy atom. The number of benzene rings is 1. The van der Waals surface area contributed by atoms with Crippen molar-refractivity contribution in [1.82, 2.24) is 10.3 Å². The quantitative estimate of drug-likeness (QED) is 0.883. The summed E-state index contributed by atoms with van der Waals surface area (Å²) in [6.45, 7) is 1.88. The SMILES string of the molecule is Cc1cccnc1NC(=O)N[C@H]1CCSc2ccc(F)cc21. The van der Waals surface area contributed by atoms with Crippen LogP contribution < -0.4 is 10.6 Å². The van der Waals surface area contributed by atoms with E-state index >= 15 is 0 Å². The number of nitrogens with one attached hydrogen (secondary N) is 2. The lowest BCUT2D eigenvalue weighted by Crippen LogP contribution is -2.34. The number of fused-ring (bicyclic) bond motifs is 1. The second kappa shape index (κ2) is 6.36. The summed E-state index contributed by atoms with van der Waals surface area (Å²) in [5.41, 5.74) is 1.73. The van der Waals surface area contributed by atoms with Crippen LogP contribution in [0.25, 0.3) is 0 Å². The molecule has 0 radical (unpaired) electrons. The van der Waals surface area contributed by atoms with Gasteiger partial charge in [0.1, 0.15) is 11.6 Å². The van der Waals surface area contributed by atoms with Crippen LogP contribution in [0.4, 0.5) is 15.0 Å². The van der Waals surface area contributed by atoms with Crippen molar-refractivity contribution in [3.8, 4) is 0 Å². The third-order valence-corrected chi connectivity index (χ3v) is 4.68. The van der Waals surface area contributed by atoms with Crippen molar-refractivity contribution in [1.29, 1.82) is 0 Å². The first-order valence-electron chi connectivity index (χ1n) is 7.05. The number of nitrogens with zero attached hydrogens (tertiary/aromatic N) is 1. The molecule has 1 aromatic heterocycles. The molecule has 1 atom stereocenters. The van der Waals surface area contributed by atoms with Gasteiger partial charge in [-0.3, -0.25) is 5.32 Å². The number of anilines is 1. The van der Waals surface area contributed by atoms with E-state index < -0.39 is 0 Å². The predicted molar refractivity (Wildman–Crippen MR) is 85.6 cm³/mol. The van der Waals surface area contributed by atoms with Gasteiger partial charge < -0.3 is 5.32 Å². The van der Waals surface area contributed by atoms with E-state index in [4.69, 9.17) is 0 Å². The molecule has 0 bridgehead atoms. The average molecular weight is 317 g/mol. The van der Waals surface area contributed by atoms with Crippen molar-refractivity contribution in [3.05, 3.63) is 53.5 Å². The Labute approximate surface area is 132 Å². The van der Waals surface area contributed by atoms with Crippen LogP contribution in [-0.2, 0) is 0 Å². The molecule has 3 rings (SSSR count). The number of rotatable bonds is 2. The van der Waals surface area contributed by atoms with Gasteiger partial charge in [-0.05, 0) is 48.7 Å². The molecule has 4 nitrogen and oxygen atoms in total. The van der Waals surface area contributed by atoms with Crippen LogP contribution in [0.5, 0.6) is 0 Å². The highest BCUT2D eigenvalue weighted by atomic mass is 32.2. The van der Waals surface area contributed by atoms with Crippen LogP contribution >= 0.6 is 11.8 Å². The predicted octanol–water partition coefficient (Wildman–Crippen LogP) is 3.89. The molecule has 2 heterocycles. The van der Waals surface area contributed by atoms with Crippen LogP contribution in [0.2, 0.25) is 0 Å². The molecule has 0 fully saturated rings. The van der Waals surface area contributed by atoms with E-state index in [9.17, 15) is 9.18 Å². The molecule has 1 aliphatic rings. The first kappa shape index (κ1) is 14.8. The Morgan fingerprint density at radius 3 is 3.09 bits per heavy atom. The van der Waals surface area contributed by atoms with Crippen LogP contribution in [0.3, 0.4) is 0 Å². The third-order valence-electron chi connectivity index (χ3n) is 3.56. The lowest BCUT2D eigenvalue weighted by Gasteiger charge is -2.26. The second-order valence-electron chi connectivity index (χ2n) is 5.14. The smallest absolute Gasteiger partial charge is 0.320 e. The number of urea groups is 1. The third kappa shape index (κ3) is 3.22. The standard InChI is InChI=1S/C16H16FN3OS/c1-10-3-2-7-18-15(10)20-16(21)19-13-6-8-22-14-5-4-11(17)9-12(13)14/h2-5,7,9,13H,6,8H2,1H3,(H2,18,19,20,21)/t13-/m0/s1. The van der Waals surface area contributed by atoms with Crippen LogP contribution in [0.15, 0.2) is 41.4 Å². The van der Waals surface area contributed by atoms with E-state index in [1.165, 1.54) is 12.1 Å². The molecule has 114 valence electrons. The summed E-state index contributed by atoms with van der Waals surface area (Å²) in [6.07, 6.45) is 2.40. The molecule has 1 aliphatic heterocycles. The van der Waals surface area contributed by atoms with Crippen LogP contribution in [-0.4, -0.2) is 16.8 Å². The van der Waals surface area contributed by atoms with Crippen molar-refractivity contribution in [2.75, 3.05) is 11.1 Å². The number of hydrogen-bond donors (Lipinski definition) is 2. The van der Waals surface area contributed by atoms with E-state index in [0.717, 1.165) is 28.2 Å². The number of hydrogen-bond acceptors (Lipinski definition) is 3. The first-order valence-corrected chi connectivity index (χ1v) is 8.03. The number of pyridine rings is 1. The number of carbonyl (C=O) groups excluding carboxylic acids is 1. The van der Waals surface area contributed by atoms with Gasteiger partial charge in [-0.1, -0.05) is 6.07 Å². The molecule has 0 saturated carbocycles. The Hall–Kier alpha value is -2.08. The Morgan fingerprint density at radius 1 is 1.41 bits per heavy atom. The highest BCUT2D eigenvalue weighted by Crippen LogP contribution is 2.36. The number of halogens is 1. The van der Waals surface area contributed by atoms with Crippen molar-refractivity contribution in [3.63, 3.8) is 0 Å². The monoisotopic (exact) mass is 317 g/mol. The minimum atomic E-state index is -0.325. The number of amides is 2. The highest BCUT2D eigenvalue weighted by Gasteiger charge is 2.23. The molecule has 6 heteroatoms. The van der Waals surface area contributed by atoms with Crippen molar-refractivity contribution >= 4 is 23.6 Å².